The van der Waals surface area contributed by atoms with Gasteiger partial charge < -0.3 is 9.84 Å². The van der Waals surface area contributed by atoms with E-state index >= 15 is 0 Å². The highest BCUT2D eigenvalue weighted by atomic mass is 32.1. The van der Waals surface area contributed by atoms with Crippen LogP contribution in [0.25, 0.3) is 23.1 Å². The van der Waals surface area contributed by atoms with Crippen molar-refractivity contribution in [2.45, 2.75) is 13.5 Å². The van der Waals surface area contributed by atoms with Gasteiger partial charge in [-0.3, -0.25) is 9.78 Å². The summed E-state index contributed by atoms with van der Waals surface area (Å²) in [7, 11) is 0. The summed E-state index contributed by atoms with van der Waals surface area (Å²) in [6.07, 6.45) is 1.66. The molecule has 3 heterocycles. The molecule has 27 heavy (non-hydrogen) atoms. The van der Waals surface area contributed by atoms with Crippen molar-refractivity contribution in [3.8, 4) is 23.1 Å². The maximum Gasteiger partial charge on any atom is 0.280 e. The molecule has 1 amide bonds. The fourth-order valence-corrected chi connectivity index (χ4v) is 3.07. The van der Waals surface area contributed by atoms with E-state index in [1.807, 2.05) is 43.3 Å². The fraction of sp³-hybridized carbons (Fsp3) is 0.105. The maximum atomic E-state index is 12.3. The van der Waals surface area contributed by atoms with Crippen LogP contribution in [0.15, 0.2) is 58.6 Å². The van der Waals surface area contributed by atoms with Gasteiger partial charge in [-0.25, -0.2) is 4.98 Å². The van der Waals surface area contributed by atoms with E-state index in [-0.39, 0.29) is 11.8 Å². The molecule has 0 radical (unpaired) electrons. The van der Waals surface area contributed by atoms with Crippen molar-refractivity contribution in [3.63, 3.8) is 0 Å². The van der Waals surface area contributed by atoms with Crippen LogP contribution in [0.5, 0.6) is 0 Å². The predicted molar refractivity (Wildman–Crippen MR) is 101 cm³/mol. The van der Waals surface area contributed by atoms with Gasteiger partial charge in [-0.2, -0.15) is 4.98 Å². The number of benzene rings is 1. The molecule has 1 aromatic carbocycles. The molecular formula is C19H15N5O2S. The van der Waals surface area contributed by atoms with Gasteiger partial charge in [0.1, 0.15) is 11.4 Å². The number of hydrogen-bond acceptors (Lipinski definition) is 7. The summed E-state index contributed by atoms with van der Waals surface area (Å²) in [5.74, 6) is 0.393. The summed E-state index contributed by atoms with van der Waals surface area (Å²) in [5, 5.41) is 8.84. The van der Waals surface area contributed by atoms with Crippen LogP contribution in [0.2, 0.25) is 0 Å². The van der Waals surface area contributed by atoms with Crippen LogP contribution in [0, 0.1) is 6.92 Å². The Bertz CT molecular complexity index is 1060. The average Bonchev–Trinajstić information content (AvgIpc) is 3.37. The first-order valence-electron chi connectivity index (χ1n) is 8.24. The van der Waals surface area contributed by atoms with Crippen molar-refractivity contribution in [3.05, 3.63) is 70.2 Å². The molecule has 3 aromatic heterocycles. The van der Waals surface area contributed by atoms with Gasteiger partial charge in [0.2, 0.25) is 5.82 Å². The van der Waals surface area contributed by atoms with E-state index in [0.717, 1.165) is 5.56 Å². The highest BCUT2D eigenvalue weighted by Gasteiger charge is 2.17. The average molecular weight is 377 g/mol. The quantitative estimate of drug-likeness (QED) is 0.572. The third kappa shape index (κ3) is 3.90. The number of nitrogens with zero attached hydrogens (tertiary/aromatic N) is 4. The van der Waals surface area contributed by atoms with Gasteiger partial charge in [-0.15, -0.1) is 11.3 Å². The Labute approximate surface area is 159 Å². The number of carbonyl (C=O) groups excluding carboxylic acids is 1. The van der Waals surface area contributed by atoms with E-state index in [1.165, 1.54) is 16.9 Å². The van der Waals surface area contributed by atoms with Gasteiger partial charge in [0, 0.05) is 18.1 Å². The monoisotopic (exact) mass is 377 g/mol. The molecule has 134 valence electrons. The molecule has 0 saturated carbocycles. The van der Waals surface area contributed by atoms with E-state index in [0.29, 0.717) is 28.8 Å². The minimum absolute atomic E-state index is 0.240. The number of aromatic nitrogens is 4. The highest BCUT2D eigenvalue weighted by molar-refractivity contribution is 7.12. The Balaban J connectivity index is 1.44. The molecule has 0 aliphatic carbocycles. The van der Waals surface area contributed by atoms with Crippen molar-refractivity contribution >= 4 is 17.2 Å². The van der Waals surface area contributed by atoms with Gasteiger partial charge in [0.15, 0.2) is 5.01 Å². The Hall–Kier alpha value is -3.39. The van der Waals surface area contributed by atoms with Gasteiger partial charge in [0.25, 0.3) is 11.8 Å². The summed E-state index contributed by atoms with van der Waals surface area (Å²) >= 11 is 1.23. The summed E-state index contributed by atoms with van der Waals surface area (Å²) in [6.45, 7) is 2.47. The molecule has 0 atom stereocenters. The second-order valence-electron chi connectivity index (χ2n) is 5.84. The number of pyridine rings is 1. The standard InChI is InChI=1S/C19H15N5O2S/c1-12-5-7-13(8-6-12)10-21-17(25)19-22-15(11-27-19)18-23-16(24-26-18)14-4-2-3-9-20-14/h2-9,11H,10H2,1H3,(H,21,25). The molecule has 4 rings (SSSR count). The molecule has 0 unspecified atom stereocenters. The van der Waals surface area contributed by atoms with Gasteiger partial charge in [0.05, 0.1) is 0 Å². The lowest BCUT2D eigenvalue weighted by molar-refractivity contribution is 0.0950. The van der Waals surface area contributed by atoms with Crippen molar-refractivity contribution < 1.29 is 9.32 Å². The van der Waals surface area contributed by atoms with Crippen molar-refractivity contribution in [2.24, 2.45) is 0 Å². The second-order valence-corrected chi connectivity index (χ2v) is 6.70. The van der Waals surface area contributed by atoms with Gasteiger partial charge >= 0.3 is 0 Å². The van der Waals surface area contributed by atoms with Crippen LogP contribution in [-0.2, 0) is 6.54 Å². The van der Waals surface area contributed by atoms with Crippen LogP contribution in [0.1, 0.15) is 20.9 Å². The number of thiazole rings is 1. The number of aryl methyl sites for hydroxylation is 1. The number of amides is 1. The van der Waals surface area contributed by atoms with Crippen LogP contribution in [0.3, 0.4) is 0 Å². The SMILES string of the molecule is Cc1ccc(CNC(=O)c2nc(-c3nc(-c4ccccn4)no3)cs2)cc1. The smallest absolute Gasteiger partial charge is 0.280 e. The molecule has 8 heteroatoms. The van der Waals surface area contributed by atoms with Crippen LogP contribution < -0.4 is 5.32 Å². The Morgan fingerprint density at radius 1 is 1.11 bits per heavy atom. The normalized spacial score (nSPS) is 10.7. The molecule has 0 spiro atoms. The fourth-order valence-electron chi connectivity index (χ4n) is 2.37. The van der Waals surface area contributed by atoms with Crippen molar-refractivity contribution in [1.29, 1.82) is 0 Å². The lowest BCUT2D eigenvalue weighted by Crippen LogP contribution is -2.22. The summed E-state index contributed by atoms with van der Waals surface area (Å²) < 4.78 is 5.25. The zero-order valence-electron chi connectivity index (χ0n) is 14.4. The molecular weight excluding hydrogens is 362 g/mol. The summed E-state index contributed by atoms with van der Waals surface area (Å²) in [4.78, 5) is 25.1. The van der Waals surface area contributed by atoms with Crippen LogP contribution in [-0.4, -0.2) is 26.0 Å². The highest BCUT2D eigenvalue weighted by Crippen LogP contribution is 2.23. The Morgan fingerprint density at radius 3 is 2.74 bits per heavy atom. The van der Waals surface area contributed by atoms with Crippen molar-refractivity contribution in [1.82, 2.24) is 25.4 Å². The minimum Gasteiger partial charge on any atom is -0.346 e. The zero-order chi connectivity index (χ0) is 18.6. The van der Waals surface area contributed by atoms with E-state index in [4.69, 9.17) is 4.52 Å². The first-order chi connectivity index (χ1) is 13.2. The number of carbonyl (C=O) groups is 1. The zero-order valence-corrected chi connectivity index (χ0v) is 15.2. The molecule has 0 aliphatic heterocycles. The van der Waals surface area contributed by atoms with E-state index < -0.39 is 0 Å². The molecule has 7 nitrogen and oxygen atoms in total. The third-order valence-electron chi connectivity index (χ3n) is 3.81. The maximum absolute atomic E-state index is 12.3. The lowest BCUT2D eigenvalue weighted by Gasteiger charge is -2.03. The molecule has 0 bridgehead atoms. The molecule has 0 saturated heterocycles. The molecule has 1 N–H and O–H groups in total. The first kappa shape index (κ1) is 17.0. The summed E-state index contributed by atoms with van der Waals surface area (Å²) in [5.41, 5.74) is 3.29. The largest absolute Gasteiger partial charge is 0.346 e. The van der Waals surface area contributed by atoms with E-state index in [2.05, 4.69) is 25.4 Å². The molecule has 0 aliphatic rings. The predicted octanol–water partition coefficient (Wildman–Crippen LogP) is 3.49. The van der Waals surface area contributed by atoms with Crippen LogP contribution in [0.4, 0.5) is 0 Å². The second kappa shape index (κ2) is 7.46. The Kier molecular flexibility index (Phi) is 4.71. The third-order valence-corrected chi connectivity index (χ3v) is 4.65. The summed E-state index contributed by atoms with van der Waals surface area (Å²) in [6, 6.07) is 13.4. The minimum atomic E-state index is -0.240. The van der Waals surface area contributed by atoms with E-state index in [1.54, 1.807) is 17.6 Å². The Morgan fingerprint density at radius 2 is 1.96 bits per heavy atom. The molecule has 4 aromatic rings. The van der Waals surface area contributed by atoms with Crippen molar-refractivity contribution in [2.75, 3.05) is 0 Å². The van der Waals surface area contributed by atoms with Crippen LogP contribution >= 0.6 is 11.3 Å². The lowest BCUT2D eigenvalue weighted by atomic mass is 10.1. The van der Waals surface area contributed by atoms with E-state index in [9.17, 15) is 4.79 Å². The number of nitrogens with one attached hydrogen (secondary N) is 1. The molecule has 0 fully saturated rings. The topological polar surface area (TPSA) is 93.8 Å². The van der Waals surface area contributed by atoms with Gasteiger partial charge in [-0.1, -0.05) is 41.1 Å². The first-order valence-corrected chi connectivity index (χ1v) is 9.12. The number of hydrogen-bond donors (Lipinski definition) is 1. The van der Waals surface area contributed by atoms with Gasteiger partial charge in [-0.05, 0) is 24.6 Å². The number of rotatable bonds is 5.